The summed E-state index contributed by atoms with van der Waals surface area (Å²) in [5.41, 5.74) is 1.62. The van der Waals surface area contributed by atoms with Crippen molar-refractivity contribution in [2.45, 2.75) is 0 Å². The molecule has 0 saturated carbocycles. The molecule has 2 aromatic rings. The number of rotatable bonds is 0. The molecule has 0 fully saturated rings. The summed E-state index contributed by atoms with van der Waals surface area (Å²) >= 11 is 0. The van der Waals surface area contributed by atoms with Crippen molar-refractivity contribution in [1.29, 1.82) is 0 Å². The number of aromatic amines is 1. The molecule has 0 aliphatic carbocycles. The maximum Gasteiger partial charge on any atom is 0.183 e. The second kappa shape index (κ2) is 1.12. The molecule has 2 heterocycles. The van der Waals surface area contributed by atoms with Crippen LogP contribution in [0.3, 0.4) is 0 Å². The molecule has 0 spiro atoms. The summed E-state index contributed by atoms with van der Waals surface area (Å²) in [6, 6.07) is 1.84. The van der Waals surface area contributed by atoms with E-state index in [0.29, 0.717) is 0 Å². The normalized spacial score (nSPS) is 10.5. The molecule has 0 saturated heterocycles. The van der Waals surface area contributed by atoms with Crippen molar-refractivity contribution in [3.8, 4) is 0 Å². The Labute approximate surface area is 45.3 Å². The van der Waals surface area contributed by atoms with Gasteiger partial charge in [-0.3, -0.25) is 0 Å². The lowest BCUT2D eigenvalue weighted by Crippen LogP contribution is -1.58. The molecule has 8 heavy (non-hydrogen) atoms. The Bertz CT molecular complexity index is 232. The Morgan fingerprint density at radius 2 is 2.62 bits per heavy atom. The first-order valence-corrected chi connectivity index (χ1v) is 2.33. The highest BCUT2D eigenvalue weighted by Gasteiger charge is 1.93. The summed E-state index contributed by atoms with van der Waals surface area (Å²) in [4.78, 5) is 6.75. The minimum absolute atomic E-state index is 0.810. The molecule has 0 atom stereocenters. The molecular weight excluding hydrogens is 104 g/mol. The number of hydrogen-bond donors (Lipinski definition) is 1. The van der Waals surface area contributed by atoms with E-state index in [1.165, 1.54) is 6.39 Å². The summed E-state index contributed by atoms with van der Waals surface area (Å²) < 4.78 is 4.92. The monoisotopic (exact) mass is 108 g/mol. The zero-order chi connectivity index (χ0) is 5.40. The SMILES string of the molecule is c1cc2ocnc2[nH]1. The Hall–Kier alpha value is -1.25. The van der Waals surface area contributed by atoms with Crippen LogP contribution in [0.4, 0.5) is 0 Å². The smallest absolute Gasteiger partial charge is 0.183 e. The number of nitrogens with one attached hydrogen (secondary N) is 1. The van der Waals surface area contributed by atoms with Crippen LogP contribution in [0, 0.1) is 0 Å². The van der Waals surface area contributed by atoms with Crippen molar-refractivity contribution < 1.29 is 4.42 Å². The van der Waals surface area contributed by atoms with E-state index in [1.54, 1.807) is 6.20 Å². The van der Waals surface area contributed by atoms with E-state index in [-0.39, 0.29) is 0 Å². The Morgan fingerprint density at radius 1 is 1.62 bits per heavy atom. The van der Waals surface area contributed by atoms with E-state index >= 15 is 0 Å². The Kier molecular flexibility index (Phi) is 0.521. The topological polar surface area (TPSA) is 41.8 Å². The summed E-state index contributed by atoms with van der Waals surface area (Å²) in [7, 11) is 0. The zero-order valence-corrected chi connectivity index (χ0v) is 4.09. The highest BCUT2D eigenvalue weighted by atomic mass is 16.3. The lowest BCUT2D eigenvalue weighted by molar-refractivity contribution is 0.602. The average molecular weight is 108 g/mol. The van der Waals surface area contributed by atoms with Crippen molar-refractivity contribution in [3.63, 3.8) is 0 Å². The summed E-state index contributed by atoms with van der Waals surface area (Å²) in [6.45, 7) is 0. The van der Waals surface area contributed by atoms with Crippen molar-refractivity contribution in [3.05, 3.63) is 18.7 Å². The lowest BCUT2D eigenvalue weighted by Gasteiger charge is -1.63. The van der Waals surface area contributed by atoms with Crippen molar-refractivity contribution in [2.75, 3.05) is 0 Å². The molecule has 0 radical (unpaired) electrons. The summed E-state index contributed by atoms with van der Waals surface area (Å²) in [5.74, 6) is 0. The Morgan fingerprint density at radius 3 is 3.50 bits per heavy atom. The summed E-state index contributed by atoms with van der Waals surface area (Å²) in [6.07, 6.45) is 3.21. The van der Waals surface area contributed by atoms with E-state index in [1.807, 2.05) is 6.07 Å². The fourth-order valence-electron chi connectivity index (χ4n) is 0.678. The van der Waals surface area contributed by atoms with Crippen LogP contribution in [0.2, 0.25) is 0 Å². The predicted octanol–water partition coefficient (Wildman–Crippen LogP) is 1.16. The molecule has 40 valence electrons. The maximum absolute atomic E-state index is 4.92. The van der Waals surface area contributed by atoms with Gasteiger partial charge in [0, 0.05) is 12.3 Å². The molecule has 0 aliphatic heterocycles. The number of oxazole rings is 1. The first kappa shape index (κ1) is 3.72. The average Bonchev–Trinajstić information content (AvgIpc) is 2.15. The number of nitrogens with zero attached hydrogens (tertiary/aromatic N) is 1. The quantitative estimate of drug-likeness (QED) is 0.550. The van der Waals surface area contributed by atoms with Crippen LogP contribution in [0.25, 0.3) is 11.2 Å². The van der Waals surface area contributed by atoms with Gasteiger partial charge in [0.25, 0.3) is 0 Å². The molecule has 0 bridgehead atoms. The van der Waals surface area contributed by atoms with Gasteiger partial charge in [0.1, 0.15) is 0 Å². The van der Waals surface area contributed by atoms with E-state index in [2.05, 4.69) is 9.97 Å². The highest BCUT2D eigenvalue weighted by Crippen LogP contribution is 2.06. The van der Waals surface area contributed by atoms with Gasteiger partial charge in [-0.15, -0.1) is 0 Å². The molecular formula is C5H4N2O. The van der Waals surface area contributed by atoms with Crippen LogP contribution >= 0.6 is 0 Å². The van der Waals surface area contributed by atoms with Crippen molar-refractivity contribution in [2.24, 2.45) is 0 Å². The van der Waals surface area contributed by atoms with Gasteiger partial charge in [-0.25, -0.2) is 0 Å². The summed E-state index contributed by atoms with van der Waals surface area (Å²) in [5, 5.41) is 0. The highest BCUT2D eigenvalue weighted by molar-refractivity contribution is 5.67. The van der Waals surface area contributed by atoms with Crippen LogP contribution in [-0.4, -0.2) is 9.97 Å². The van der Waals surface area contributed by atoms with Gasteiger partial charge in [0.05, 0.1) is 0 Å². The van der Waals surface area contributed by atoms with Gasteiger partial charge in [-0.1, -0.05) is 0 Å². The number of aromatic nitrogens is 2. The van der Waals surface area contributed by atoms with Crippen LogP contribution in [0.5, 0.6) is 0 Å². The van der Waals surface area contributed by atoms with Gasteiger partial charge >= 0.3 is 0 Å². The number of H-pyrrole nitrogens is 1. The van der Waals surface area contributed by atoms with E-state index in [9.17, 15) is 0 Å². The largest absolute Gasteiger partial charge is 0.442 e. The predicted molar refractivity (Wildman–Crippen MR) is 28.4 cm³/mol. The maximum atomic E-state index is 4.92. The van der Waals surface area contributed by atoms with Gasteiger partial charge in [0.15, 0.2) is 17.6 Å². The molecule has 3 nitrogen and oxygen atoms in total. The minimum Gasteiger partial charge on any atom is -0.442 e. The zero-order valence-electron chi connectivity index (χ0n) is 4.09. The molecule has 2 rings (SSSR count). The van der Waals surface area contributed by atoms with Gasteiger partial charge in [-0.05, 0) is 0 Å². The molecule has 0 aliphatic rings. The minimum atomic E-state index is 0.810. The molecule has 0 amide bonds. The molecule has 3 heteroatoms. The first-order valence-electron chi connectivity index (χ1n) is 2.33. The van der Waals surface area contributed by atoms with Gasteiger partial charge < -0.3 is 9.40 Å². The second-order valence-electron chi connectivity index (χ2n) is 1.54. The second-order valence-corrected chi connectivity index (χ2v) is 1.54. The third-order valence-corrected chi connectivity index (χ3v) is 1.05. The third kappa shape index (κ3) is 0.307. The third-order valence-electron chi connectivity index (χ3n) is 1.05. The standard InChI is InChI=1S/C5H4N2O/c1-2-6-5-4(1)8-3-7-5/h1-3,6H. The fourth-order valence-corrected chi connectivity index (χ4v) is 0.678. The van der Waals surface area contributed by atoms with Crippen molar-refractivity contribution >= 4 is 11.2 Å². The molecule has 0 unspecified atom stereocenters. The molecule has 2 aromatic heterocycles. The Balaban J connectivity index is 3.06. The van der Waals surface area contributed by atoms with Gasteiger partial charge in [-0.2, -0.15) is 4.98 Å². The number of fused-ring (bicyclic) bond motifs is 1. The van der Waals surface area contributed by atoms with Crippen LogP contribution in [0.1, 0.15) is 0 Å². The van der Waals surface area contributed by atoms with Crippen LogP contribution in [-0.2, 0) is 0 Å². The van der Waals surface area contributed by atoms with E-state index < -0.39 is 0 Å². The van der Waals surface area contributed by atoms with Crippen LogP contribution in [0.15, 0.2) is 23.1 Å². The lowest BCUT2D eigenvalue weighted by atomic mass is 10.6. The number of hydrogen-bond acceptors (Lipinski definition) is 2. The van der Waals surface area contributed by atoms with E-state index in [4.69, 9.17) is 4.42 Å². The first-order chi connectivity index (χ1) is 3.97. The van der Waals surface area contributed by atoms with Gasteiger partial charge in [0.2, 0.25) is 0 Å². The molecule has 1 N–H and O–H groups in total. The van der Waals surface area contributed by atoms with E-state index in [0.717, 1.165) is 11.2 Å². The van der Waals surface area contributed by atoms with Crippen molar-refractivity contribution in [1.82, 2.24) is 9.97 Å². The molecule has 0 aromatic carbocycles. The fraction of sp³-hybridized carbons (Fsp3) is 0. The van der Waals surface area contributed by atoms with Crippen LogP contribution < -0.4 is 0 Å².